The van der Waals surface area contributed by atoms with E-state index in [0.29, 0.717) is 16.9 Å². The Morgan fingerprint density at radius 3 is 2.33 bits per heavy atom. The maximum atomic E-state index is 12.3. The van der Waals surface area contributed by atoms with Gasteiger partial charge < -0.3 is 15.8 Å². The molecule has 0 radical (unpaired) electrons. The summed E-state index contributed by atoms with van der Waals surface area (Å²) < 4.78 is 6.82. The topological polar surface area (TPSA) is 116 Å². The van der Waals surface area contributed by atoms with E-state index in [4.69, 9.17) is 15.6 Å². The van der Waals surface area contributed by atoms with Crippen molar-refractivity contribution >= 4 is 29.5 Å². The number of aryl methyl sites for hydroxylation is 1. The Kier molecular flexibility index (Phi) is 7.36. The van der Waals surface area contributed by atoms with Crippen molar-refractivity contribution in [2.75, 3.05) is 11.9 Å². The van der Waals surface area contributed by atoms with Gasteiger partial charge in [0.1, 0.15) is 0 Å². The minimum absolute atomic E-state index is 0.324. The summed E-state index contributed by atoms with van der Waals surface area (Å²) in [6, 6.07) is 23.7. The third-order valence-corrected chi connectivity index (χ3v) is 5.29. The average Bonchev–Trinajstić information content (AvgIpc) is 3.32. The van der Waals surface area contributed by atoms with Crippen LogP contribution in [0.15, 0.2) is 91.1 Å². The highest BCUT2D eigenvalue weighted by Gasteiger charge is 2.12. The molecule has 4 rings (SSSR count). The maximum absolute atomic E-state index is 12.3. The molecule has 0 aliphatic heterocycles. The molecule has 4 aromatic rings. The Morgan fingerprint density at radius 2 is 1.67 bits per heavy atom. The molecule has 0 aliphatic rings. The van der Waals surface area contributed by atoms with Gasteiger partial charge >= 0.3 is 5.97 Å². The predicted molar refractivity (Wildman–Crippen MR) is 137 cm³/mol. The number of para-hydroxylation sites is 1. The zero-order valence-electron chi connectivity index (χ0n) is 19.5. The van der Waals surface area contributed by atoms with Crippen molar-refractivity contribution in [1.82, 2.24) is 9.78 Å². The number of carbonyl (C=O) groups excluding carboxylic acids is 3. The van der Waals surface area contributed by atoms with E-state index in [1.807, 2.05) is 67.7 Å². The molecule has 2 amide bonds. The summed E-state index contributed by atoms with van der Waals surface area (Å²) in [5.74, 6) is -1.74. The van der Waals surface area contributed by atoms with Gasteiger partial charge in [-0.25, -0.2) is 9.48 Å². The summed E-state index contributed by atoms with van der Waals surface area (Å²) in [6.07, 6.45) is 4.71. The third kappa shape index (κ3) is 6.12. The lowest BCUT2D eigenvalue weighted by atomic mass is 10.1. The lowest BCUT2D eigenvalue weighted by Crippen LogP contribution is -2.20. The summed E-state index contributed by atoms with van der Waals surface area (Å²) in [6.45, 7) is 1.55. The predicted octanol–water partition coefficient (Wildman–Crippen LogP) is 4.14. The van der Waals surface area contributed by atoms with Crippen LogP contribution in [-0.4, -0.2) is 34.2 Å². The molecule has 0 fully saturated rings. The van der Waals surface area contributed by atoms with Crippen LogP contribution >= 0.6 is 0 Å². The first-order valence-electron chi connectivity index (χ1n) is 11.2. The first-order chi connectivity index (χ1) is 17.4. The van der Waals surface area contributed by atoms with E-state index >= 15 is 0 Å². The van der Waals surface area contributed by atoms with Crippen molar-refractivity contribution in [2.45, 2.75) is 6.92 Å². The summed E-state index contributed by atoms with van der Waals surface area (Å²) in [4.78, 5) is 35.5. The Morgan fingerprint density at radius 1 is 0.972 bits per heavy atom. The van der Waals surface area contributed by atoms with Gasteiger partial charge in [-0.3, -0.25) is 9.59 Å². The molecule has 0 spiro atoms. The quantitative estimate of drug-likeness (QED) is 0.290. The molecule has 1 aromatic heterocycles. The van der Waals surface area contributed by atoms with Crippen LogP contribution < -0.4 is 11.1 Å². The van der Waals surface area contributed by atoms with Crippen molar-refractivity contribution in [3.8, 4) is 16.9 Å². The van der Waals surface area contributed by atoms with Crippen LogP contribution in [0.25, 0.3) is 23.0 Å². The summed E-state index contributed by atoms with van der Waals surface area (Å²) in [7, 11) is 0. The minimum atomic E-state index is -0.670. The second kappa shape index (κ2) is 11.0. The fraction of sp³-hybridized carbons (Fsp3) is 0.0714. The molecular weight excluding hydrogens is 456 g/mol. The molecule has 0 aliphatic carbocycles. The number of nitrogens with two attached hydrogens (primary N) is 1. The highest BCUT2D eigenvalue weighted by molar-refractivity contribution is 5.96. The number of anilines is 1. The molecule has 0 unspecified atom stereocenters. The number of nitrogens with one attached hydrogen (secondary N) is 1. The van der Waals surface area contributed by atoms with E-state index in [2.05, 4.69) is 5.32 Å². The van der Waals surface area contributed by atoms with Gasteiger partial charge in [-0.05, 0) is 49.4 Å². The number of rotatable bonds is 8. The first-order valence-corrected chi connectivity index (χ1v) is 11.2. The molecular formula is C28H24N4O4. The molecule has 8 nitrogen and oxygen atoms in total. The number of benzene rings is 3. The van der Waals surface area contributed by atoms with Crippen molar-refractivity contribution < 1.29 is 19.1 Å². The van der Waals surface area contributed by atoms with Crippen LogP contribution in [0, 0.1) is 6.92 Å². The van der Waals surface area contributed by atoms with Crippen molar-refractivity contribution in [2.24, 2.45) is 5.73 Å². The zero-order chi connectivity index (χ0) is 25.5. The fourth-order valence-electron chi connectivity index (χ4n) is 3.42. The van der Waals surface area contributed by atoms with Gasteiger partial charge in [0.25, 0.3) is 5.91 Å². The molecule has 0 bridgehead atoms. The second-order valence-corrected chi connectivity index (χ2v) is 8.01. The van der Waals surface area contributed by atoms with E-state index in [0.717, 1.165) is 22.4 Å². The number of hydrogen-bond donors (Lipinski definition) is 2. The van der Waals surface area contributed by atoms with Crippen LogP contribution in [0.5, 0.6) is 0 Å². The van der Waals surface area contributed by atoms with Crippen LogP contribution in [0.3, 0.4) is 0 Å². The highest BCUT2D eigenvalue weighted by Crippen LogP contribution is 2.25. The van der Waals surface area contributed by atoms with Gasteiger partial charge in [0.2, 0.25) is 5.91 Å². The molecule has 0 saturated heterocycles. The van der Waals surface area contributed by atoms with Gasteiger partial charge in [-0.15, -0.1) is 0 Å². The van der Waals surface area contributed by atoms with Crippen LogP contribution in [0.1, 0.15) is 21.5 Å². The third-order valence-electron chi connectivity index (χ3n) is 5.29. The van der Waals surface area contributed by atoms with Crippen molar-refractivity contribution in [3.63, 3.8) is 0 Å². The normalized spacial score (nSPS) is 10.8. The number of esters is 1. The van der Waals surface area contributed by atoms with Crippen LogP contribution in [0.4, 0.5) is 5.69 Å². The monoisotopic (exact) mass is 480 g/mol. The Hall–Kier alpha value is -4.98. The second-order valence-electron chi connectivity index (χ2n) is 8.01. The molecule has 8 heteroatoms. The van der Waals surface area contributed by atoms with Gasteiger partial charge in [0.05, 0.1) is 11.4 Å². The number of amides is 2. The largest absolute Gasteiger partial charge is 0.452 e. The van der Waals surface area contributed by atoms with Crippen molar-refractivity contribution in [1.29, 1.82) is 0 Å². The van der Waals surface area contributed by atoms with E-state index in [9.17, 15) is 14.4 Å². The van der Waals surface area contributed by atoms with Gasteiger partial charge in [0, 0.05) is 34.7 Å². The summed E-state index contributed by atoms with van der Waals surface area (Å²) >= 11 is 0. The zero-order valence-corrected chi connectivity index (χ0v) is 19.5. The molecule has 1 heterocycles. The summed E-state index contributed by atoms with van der Waals surface area (Å²) in [5.41, 5.74) is 10.3. The van der Waals surface area contributed by atoms with E-state index < -0.39 is 24.4 Å². The molecule has 0 saturated carbocycles. The molecule has 0 atom stereocenters. The minimum Gasteiger partial charge on any atom is -0.452 e. The standard InChI is InChI=1S/C28H24N4O4/c1-19-7-9-20(10-8-19)27-22(17-32(31-27)24-5-3-2-4-6-24)13-16-26(34)36-18-25(33)30-23-14-11-21(12-15-23)28(29)35/h2-17H,18H2,1H3,(H2,29,35)(H,30,33)/b16-13+. The molecule has 180 valence electrons. The Labute approximate surface area is 208 Å². The molecule has 36 heavy (non-hydrogen) atoms. The first kappa shape index (κ1) is 24.2. The number of hydrogen-bond acceptors (Lipinski definition) is 5. The van der Waals surface area contributed by atoms with Gasteiger partial charge in [-0.1, -0.05) is 48.0 Å². The summed E-state index contributed by atoms with van der Waals surface area (Å²) in [5, 5.41) is 7.30. The Balaban J connectivity index is 1.43. The van der Waals surface area contributed by atoms with Gasteiger partial charge in [0.15, 0.2) is 6.61 Å². The van der Waals surface area contributed by atoms with E-state index in [1.165, 1.54) is 30.3 Å². The number of ether oxygens (including phenoxy) is 1. The number of aromatic nitrogens is 2. The number of primary amides is 1. The maximum Gasteiger partial charge on any atom is 0.331 e. The van der Waals surface area contributed by atoms with Crippen LogP contribution in [-0.2, 0) is 14.3 Å². The lowest BCUT2D eigenvalue weighted by molar-refractivity contribution is -0.142. The number of nitrogens with zero attached hydrogens (tertiary/aromatic N) is 2. The van der Waals surface area contributed by atoms with Crippen molar-refractivity contribution in [3.05, 3.63) is 108 Å². The van der Waals surface area contributed by atoms with E-state index in [1.54, 1.807) is 10.8 Å². The van der Waals surface area contributed by atoms with Crippen LogP contribution in [0.2, 0.25) is 0 Å². The lowest BCUT2D eigenvalue weighted by Gasteiger charge is -2.06. The Bertz CT molecular complexity index is 1410. The van der Waals surface area contributed by atoms with Gasteiger partial charge in [-0.2, -0.15) is 5.10 Å². The smallest absolute Gasteiger partial charge is 0.331 e. The molecule has 3 aromatic carbocycles. The van der Waals surface area contributed by atoms with E-state index in [-0.39, 0.29) is 0 Å². The fourth-order valence-corrected chi connectivity index (χ4v) is 3.42. The SMILES string of the molecule is Cc1ccc(-c2nn(-c3ccccc3)cc2/C=C/C(=O)OCC(=O)Nc2ccc(C(N)=O)cc2)cc1. The average molecular weight is 481 g/mol. The molecule has 3 N–H and O–H groups in total. The highest BCUT2D eigenvalue weighted by atomic mass is 16.5. The number of carbonyl (C=O) groups is 3.